The van der Waals surface area contributed by atoms with E-state index in [1.54, 1.807) is 0 Å². The molecule has 0 aromatic heterocycles. The van der Waals surface area contributed by atoms with Crippen LogP contribution in [0.3, 0.4) is 0 Å². The standard InChI is InChI=1S/C7H5N2O5/c1-14-7-3-5(8(10)11)2-6(4-7)9(12)13/h3-4H,1H3. The Morgan fingerprint density at radius 1 is 1.21 bits per heavy atom. The summed E-state index contributed by atoms with van der Waals surface area (Å²) in [7, 11) is 1.27. The molecule has 0 aliphatic rings. The normalized spacial score (nSPS) is 9.50. The molecular weight excluding hydrogens is 192 g/mol. The van der Waals surface area contributed by atoms with Crippen molar-refractivity contribution in [3.8, 4) is 5.75 Å². The van der Waals surface area contributed by atoms with E-state index in [4.69, 9.17) is 0 Å². The van der Waals surface area contributed by atoms with Gasteiger partial charge in [0, 0.05) is 0 Å². The van der Waals surface area contributed by atoms with Crippen molar-refractivity contribution < 1.29 is 14.6 Å². The maximum absolute atomic E-state index is 10.3. The molecule has 0 fully saturated rings. The van der Waals surface area contributed by atoms with Crippen LogP contribution in [0.4, 0.5) is 11.4 Å². The molecule has 0 unspecified atom stereocenters. The molecule has 0 amide bonds. The number of nitrogens with zero attached hydrogens (tertiary/aromatic N) is 2. The van der Waals surface area contributed by atoms with E-state index in [2.05, 4.69) is 4.74 Å². The first kappa shape index (κ1) is 9.90. The number of rotatable bonds is 3. The molecule has 73 valence electrons. The minimum absolute atomic E-state index is 0.0575. The van der Waals surface area contributed by atoms with Crippen LogP contribution in [0.5, 0.6) is 5.75 Å². The number of non-ortho nitro benzene ring substituents is 2. The van der Waals surface area contributed by atoms with E-state index in [-0.39, 0.29) is 5.75 Å². The fourth-order valence-electron chi connectivity index (χ4n) is 0.829. The van der Waals surface area contributed by atoms with Crippen LogP contribution < -0.4 is 4.74 Å². The number of hydrogen-bond acceptors (Lipinski definition) is 5. The van der Waals surface area contributed by atoms with Crippen LogP contribution >= 0.6 is 0 Å². The molecule has 0 N–H and O–H groups in total. The number of hydrogen-bond donors (Lipinski definition) is 0. The summed E-state index contributed by atoms with van der Waals surface area (Å²) in [5.41, 5.74) is -0.980. The van der Waals surface area contributed by atoms with Crippen LogP contribution in [-0.2, 0) is 0 Å². The predicted octanol–water partition coefficient (Wildman–Crippen LogP) is 1.31. The van der Waals surface area contributed by atoms with Crippen molar-refractivity contribution in [3.63, 3.8) is 0 Å². The third-order valence-corrected chi connectivity index (χ3v) is 1.44. The largest absolute Gasteiger partial charge is 0.496 e. The maximum atomic E-state index is 10.3. The first-order chi connectivity index (χ1) is 6.54. The molecule has 1 aromatic rings. The molecule has 0 spiro atoms. The second kappa shape index (κ2) is 3.69. The minimum atomic E-state index is -0.768. The Hall–Kier alpha value is -2.18. The summed E-state index contributed by atoms with van der Waals surface area (Å²) < 4.78 is 4.67. The molecular formula is C7H5N2O5. The zero-order valence-corrected chi connectivity index (χ0v) is 7.09. The van der Waals surface area contributed by atoms with Crippen molar-refractivity contribution in [1.29, 1.82) is 0 Å². The molecule has 0 aliphatic carbocycles. The Kier molecular flexibility index (Phi) is 2.61. The topological polar surface area (TPSA) is 95.5 Å². The average molecular weight is 197 g/mol. The van der Waals surface area contributed by atoms with Gasteiger partial charge in [-0.2, -0.15) is 0 Å². The Labute approximate surface area is 78.2 Å². The van der Waals surface area contributed by atoms with Gasteiger partial charge in [-0.15, -0.1) is 0 Å². The highest BCUT2D eigenvalue weighted by Crippen LogP contribution is 2.25. The van der Waals surface area contributed by atoms with Gasteiger partial charge in [0.15, 0.2) is 6.07 Å². The molecule has 1 aromatic carbocycles. The van der Waals surface area contributed by atoms with Crippen LogP contribution in [0.15, 0.2) is 12.1 Å². The van der Waals surface area contributed by atoms with Crippen molar-refractivity contribution in [2.45, 2.75) is 0 Å². The number of methoxy groups -OCH3 is 1. The molecule has 0 aliphatic heterocycles. The zero-order valence-electron chi connectivity index (χ0n) is 7.09. The van der Waals surface area contributed by atoms with Gasteiger partial charge in [-0.05, 0) is 0 Å². The van der Waals surface area contributed by atoms with Gasteiger partial charge in [-0.25, -0.2) is 0 Å². The van der Waals surface area contributed by atoms with Gasteiger partial charge in [0.05, 0.1) is 29.1 Å². The van der Waals surface area contributed by atoms with Crippen LogP contribution in [-0.4, -0.2) is 17.0 Å². The van der Waals surface area contributed by atoms with Crippen LogP contribution in [0, 0.1) is 26.3 Å². The summed E-state index contributed by atoms with van der Waals surface area (Å²) >= 11 is 0. The summed E-state index contributed by atoms with van der Waals surface area (Å²) in [4.78, 5) is 19.1. The molecule has 0 atom stereocenters. The van der Waals surface area contributed by atoms with Crippen molar-refractivity contribution in [1.82, 2.24) is 0 Å². The highest BCUT2D eigenvalue weighted by Gasteiger charge is 2.17. The SMILES string of the molecule is COc1cc([N+](=O)[O-])[c]c([N+](=O)[O-])c1. The van der Waals surface area contributed by atoms with Gasteiger partial charge in [0.25, 0.3) is 11.4 Å². The summed E-state index contributed by atoms with van der Waals surface area (Å²) in [6.07, 6.45) is 0. The van der Waals surface area contributed by atoms with Crippen molar-refractivity contribution in [3.05, 3.63) is 38.4 Å². The van der Waals surface area contributed by atoms with E-state index >= 15 is 0 Å². The monoisotopic (exact) mass is 197 g/mol. The van der Waals surface area contributed by atoms with Crippen LogP contribution in [0.1, 0.15) is 0 Å². The minimum Gasteiger partial charge on any atom is -0.496 e. The Bertz CT molecular complexity index is 357. The molecule has 0 saturated carbocycles. The fraction of sp³-hybridized carbons (Fsp3) is 0.143. The highest BCUT2D eigenvalue weighted by atomic mass is 16.6. The fourth-order valence-corrected chi connectivity index (χ4v) is 0.829. The lowest BCUT2D eigenvalue weighted by Crippen LogP contribution is -1.94. The lowest BCUT2D eigenvalue weighted by molar-refractivity contribution is -0.394. The second-order valence-corrected chi connectivity index (χ2v) is 2.30. The van der Waals surface area contributed by atoms with E-state index in [0.717, 1.165) is 12.1 Å². The predicted molar refractivity (Wildman–Crippen MR) is 45.1 cm³/mol. The van der Waals surface area contributed by atoms with Gasteiger partial charge in [0.1, 0.15) is 5.75 Å². The molecule has 0 heterocycles. The van der Waals surface area contributed by atoms with Gasteiger partial charge in [0.2, 0.25) is 0 Å². The Morgan fingerprint density at radius 2 is 1.64 bits per heavy atom. The third-order valence-electron chi connectivity index (χ3n) is 1.44. The quantitative estimate of drug-likeness (QED) is 0.537. The number of nitro groups is 2. The lowest BCUT2D eigenvalue weighted by atomic mass is 10.2. The van der Waals surface area contributed by atoms with Crippen molar-refractivity contribution >= 4 is 11.4 Å². The Morgan fingerprint density at radius 3 is 1.93 bits per heavy atom. The van der Waals surface area contributed by atoms with Gasteiger partial charge < -0.3 is 4.74 Å². The van der Waals surface area contributed by atoms with Crippen molar-refractivity contribution in [2.75, 3.05) is 7.11 Å². The molecule has 1 rings (SSSR count). The average Bonchev–Trinajstić information content (AvgIpc) is 2.16. The first-order valence-electron chi connectivity index (χ1n) is 3.44. The first-order valence-corrected chi connectivity index (χ1v) is 3.44. The molecule has 7 nitrogen and oxygen atoms in total. The maximum Gasteiger partial charge on any atom is 0.288 e. The van der Waals surface area contributed by atoms with Gasteiger partial charge >= 0.3 is 0 Å². The molecule has 1 radical (unpaired) electrons. The van der Waals surface area contributed by atoms with Crippen LogP contribution in [0.2, 0.25) is 0 Å². The third kappa shape index (κ3) is 1.94. The van der Waals surface area contributed by atoms with Gasteiger partial charge in [-0.1, -0.05) is 0 Å². The summed E-state index contributed by atoms with van der Waals surface area (Å²) in [5, 5.41) is 20.7. The van der Waals surface area contributed by atoms with E-state index in [9.17, 15) is 20.2 Å². The highest BCUT2D eigenvalue weighted by molar-refractivity contribution is 5.48. The second-order valence-electron chi connectivity index (χ2n) is 2.30. The Balaban J connectivity index is 3.27. The number of nitro benzene ring substituents is 2. The van der Waals surface area contributed by atoms with E-state index < -0.39 is 21.2 Å². The van der Waals surface area contributed by atoms with Gasteiger partial charge in [-0.3, -0.25) is 20.2 Å². The number of ether oxygens (including phenoxy) is 1. The van der Waals surface area contributed by atoms with E-state index in [0.29, 0.717) is 0 Å². The van der Waals surface area contributed by atoms with Crippen molar-refractivity contribution in [2.24, 2.45) is 0 Å². The van der Waals surface area contributed by atoms with E-state index in [1.807, 2.05) is 6.07 Å². The van der Waals surface area contributed by atoms with Crippen LogP contribution in [0.25, 0.3) is 0 Å². The summed E-state index contributed by atoms with van der Waals surface area (Å²) in [5.74, 6) is 0.0575. The molecule has 0 saturated heterocycles. The van der Waals surface area contributed by atoms with E-state index in [1.165, 1.54) is 7.11 Å². The zero-order chi connectivity index (χ0) is 10.7. The smallest absolute Gasteiger partial charge is 0.288 e. The lowest BCUT2D eigenvalue weighted by Gasteiger charge is -1.98. The summed E-state index contributed by atoms with van der Waals surface area (Å²) in [6, 6.07) is 4.16. The molecule has 7 heteroatoms. The number of benzene rings is 1. The molecule has 0 bridgehead atoms. The molecule has 14 heavy (non-hydrogen) atoms. The summed E-state index contributed by atoms with van der Waals surface area (Å²) in [6.45, 7) is 0.